The number of hydrogen-bond donors (Lipinski definition) is 1. The average Bonchev–Trinajstić information content (AvgIpc) is 2.91. The molecule has 1 aromatic heterocycles. The summed E-state index contributed by atoms with van der Waals surface area (Å²) in [6.07, 6.45) is 0. The van der Waals surface area contributed by atoms with Gasteiger partial charge < -0.3 is 14.4 Å². The SMILES string of the molecule is Cc1nnc(-c2ccc(C(=O)N(C)C(C)C(=O)O)cc2)o1. The Balaban J connectivity index is 2.19. The average molecular weight is 289 g/mol. The van der Waals surface area contributed by atoms with E-state index in [0.29, 0.717) is 22.9 Å². The molecule has 1 atom stereocenters. The van der Waals surface area contributed by atoms with Gasteiger partial charge in [-0.1, -0.05) is 0 Å². The number of aromatic nitrogens is 2. The van der Waals surface area contributed by atoms with Gasteiger partial charge in [0.15, 0.2) is 0 Å². The minimum absolute atomic E-state index is 0.363. The molecule has 1 aromatic carbocycles. The highest BCUT2D eigenvalue weighted by molar-refractivity contribution is 5.96. The molecule has 110 valence electrons. The maximum Gasteiger partial charge on any atom is 0.326 e. The van der Waals surface area contributed by atoms with Crippen molar-refractivity contribution in [1.29, 1.82) is 0 Å². The number of benzene rings is 1. The monoisotopic (exact) mass is 289 g/mol. The van der Waals surface area contributed by atoms with Gasteiger partial charge >= 0.3 is 5.97 Å². The molecule has 1 heterocycles. The van der Waals surface area contributed by atoms with Crippen molar-refractivity contribution in [2.75, 3.05) is 7.05 Å². The van der Waals surface area contributed by atoms with Gasteiger partial charge in [0, 0.05) is 25.1 Å². The summed E-state index contributed by atoms with van der Waals surface area (Å²) in [4.78, 5) is 24.2. The molecule has 0 fully saturated rings. The van der Waals surface area contributed by atoms with E-state index in [1.165, 1.54) is 18.9 Å². The molecular formula is C14H15N3O4. The first-order chi connectivity index (χ1) is 9.90. The minimum Gasteiger partial charge on any atom is -0.480 e. The number of carboxylic acid groups (broad SMARTS) is 1. The summed E-state index contributed by atoms with van der Waals surface area (Å²) in [6.45, 7) is 3.15. The number of likely N-dealkylation sites (N-methyl/N-ethyl adjacent to an activating group) is 1. The number of carbonyl (C=O) groups excluding carboxylic acids is 1. The predicted octanol–water partition coefficient (Wildman–Crippen LogP) is 1.59. The number of rotatable bonds is 4. The van der Waals surface area contributed by atoms with Crippen molar-refractivity contribution in [2.24, 2.45) is 0 Å². The Kier molecular flexibility index (Phi) is 4.02. The van der Waals surface area contributed by atoms with Gasteiger partial charge in [-0.3, -0.25) is 4.79 Å². The third-order valence-electron chi connectivity index (χ3n) is 3.16. The Morgan fingerprint density at radius 2 is 1.86 bits per heavy atom. The second-order valence-electron chi connectivity index (χ2n) is 4.63. The highest BCUT2D eigenvalue weighted by Gasteiger charge is 2.22. The minimum atomic E-state index is -1.05. The summed E-state index contributed by atoms with van der Waals surface area (Å²) in [5, 5.41) is 16.5. The number of hydrogen-bond acceptors (Lipinski definition) is 5. The summed E-state index contributed by atoms with van der Waals surface area (Å²) >= 11 is 0. The van der Waals surface area contributed by atoms with Gasteiger partial charge in [-0.25, -0.2) is 4.79 Å². The molecule has 0 spiro atoms. The molecule has 0 aliphatic heterocycles. The smallest absolute Gasteiger partial charge is 0.326 e. The van der Waals surface area contributed by atoms with Crippen LogP contribution in [0.5, 0.6) is 0 Å². The lowest BCUT2D eigenvalue weighted by atomic mass is 10.1. The van der Waals surface area contributed by atoms with Gasteiger partial charge in [-0.05, 0) is 31.2 Å². The normalized spacial score (nSPS) is 12.0. The van der Waals surface area contributed by atoms with Gasteiger partial charge in [0.05, 0.1) is 0 Å². The van der Waals surface area contributed by atoms with Gasteiger partial charge in [-0.2, -0.15) is 0 Å². The zero-order valence-electron chi connectivity index (χ0n) is 11.9. The standard InChI is InChI=1S/C14H15N3O4/c1-8(14(19)20)17(3)13(18)11-6-4-10(5-7-11)12-16-15-9(2)21-12/h4-8H,1-3H3,(H,19,20). The maximum atomic E-state index is 12.2. The van der Waals surface area contributed by atoms with Crippen LogP contribution >= 0.6 is 0 Å². The van der Waals surface area contributed by atoms with Crippen LogP contribution in [0.3, 0.4) is 0 Å². The van der Waals surface area contributed by atoms with Crippen LogP contribution in [-0.2, 0) is 4.79 Å². The first-order valence-corrected chi connectivity index (χ1v) is 6.30. The molecule has 1 N–H and O–H groups in total. The third kappa shape index (κ3) is 3.07. The summed E-state index contributed by atoms with van der Waals surface area (Å²) < 4.78 is 5.29. The highest BCUT2D eigenvalue weighted by Crippen LogP contribution is 2.19. The van der Waals surface area contributed by atoms with Crippen LogP contribution in [0.4, 0.5) is 0 Å². The molecule has 7 heteroatoms. The number of carboxylic acids is 1. The second kappa shape index (κ2) is 5.74. The molecule has 0 aliphatic carbocycles. The Bertz CT molecular complexity index is 663. The molecule has 0 saturated heterocycles. The van der Waals surface area contributed by atoms with Crippen molar-refractivity contribution >= 4 is 11.9 Å². The van der Waals surface area contributed by atoms with Crippen LogP contribution < -0.4 is 0 Å². The second-order valence-corrected chi connectivity index (χ2v) is 4.63. The first-order valence-electron chi connectivity index (χ1n) is 6.30. The van der Waals surface area contributed by atoms with E-state index < -0.39 is 12.0 Å². The van der Waals surface area contributed by atoms with Crippen molar-refractivity contribution in [3.63, 3.8) is 0 Å². The molecule has 0 aliphatic rings. The van der Waals surface area contributed by atoms with Crippen LogP contribution in [0, 0.1) is 6.92 Å². The number of aliphatic carboxylic acids is 1. The number of amides is 1. The van der Waals surface area contributed by atoms with E-state index in [-0.39, 0.29) is 5.91 Å². The molecule has 2 rings (SSSR count). The molecule has 0 saturated carbocycles. The van der Waals surface area contributed by atoms with Crippen LogP contribution in [0.15, 0.2) is 28.7 Å². The van der Waals surface area contributed by atoms with Crippen molar-refractivity contribution in [3.05, 3.63) is 35.7 Å². The number of aryl methyl sites for hydroxylation is 1. The summed E-state index contributed by atoms with van der Waals surface area (Å²) in [5.74, 6) is -0.583. The molecule has 7 nitrogen and oxygen atoms in total. The highest BCUT2D eigenvalue weighted by atomic mass is 16.4. The fourth-order valence-corrected chi connectivity index (χ4v) is 1.71. The molecule has 0 radical (unpaired) electrons. The lowest BCUT2D eigenvalue weighted by molar-refractivity contribution is -0.141. The van der Waals surface area contributed by atoms with E-state index in [1.807, 2.05) is 0 Å². The first kappa shape index (κ1) is 14.7. The fraction of sp³-hybridized carbons (Fsp3) is 0.286. The molecule has 0 bridgehead atoms. The van der Waals surface area contributed by atoms with E-state index in [1.54, 1.807) is 31.2 Å². The van der Waals surface area contributed by atoms with E-state index >= 15 is 0 Å². The largest absolute Gasteiger partial charge is 0.480 e. The fourth-order valence-electron chi connectivity index (χ4n) is 1.71. The van der Waals surface area contributed by atoms with Gasteiger partial charge in [-0.15, -0.1) is 10.2 Å². The Labute approximate surface area is 121 Å². The molecule has 1 unspecified atom stereocenters. The van der Waals surface area contributed by atoms with Gasteiger partial charge in [0.2, 0.25) is 11.8 Å². The van der Waals surface area contributed by atoms with Crippen molar-refractivity contribution in [1.82, 2.24) is 15.1 Å². The quantitative estimate of drug-likeness (QED) is 0.918. The summed E-state index contributed by atoms with van der Waals surface area (Å²) in [6, 6.07) is 5.67. The number of nitrogens with zero attached hydrogens (tertiary/aromatic N) is 3. The molecule has 2 aromatic rings. The third-order valence-corrected chi connectivity index (χ3v) is 3.16. The Morgan fingerprint density at radius 3 is 2.33 bits per heavy atom. The van der Waals surface area contributed by atoms with Crippen LogP contribution in [0.25, 0.3) is 11.5 Å². The van der Waals surface area contributed by atoms with E-state index in [9.17, 15) is 9.59 Å². The zero-order valence-corrected chi connectivity index (χ0v) is 11.9. The summed E-state index contributed by atoms with van der Waals surface area (Å²) in [7, 11) is 1.45. The van der Waals surface area contributed by atoms with Gasteiger partial charge in [0.1, 0.15) is 6.04 Å². The Morgan fingerprint density at radius 1 is 1.24 bits per heavy atom. The zero-order chi connectivity index (χ0) is 15.6. The van der Waals surface area contributed by atoms with E-state index in [4.69, 9.17) is 9.52 Å². The Hall–Kier alpha value is -2.70. The molecule has 21 heavy (non-hydrogen) atoms. The van der Waals surface area contributed by atoms with Crippen molar-refractivity contribution in [2.45, 2.75) is 19.9 Å². The number of carbonyl (C=O) groups is 2. The predicted molar refractivity (Wildman–Crippen MR) is 73.7 cm³/mol. The lowest BCUT2D eigenvalue weighted by Gasteiger charge is -2.21. The topological polar surface area (TPSA) is 96.5 Å². The molecular weight excluding hydrogens is 274 g/mol. The van der Waals surface area contributed by atoms with E-state index in [2.05, 4.69) is 10.2 Å². The summed E-state index contributed by atoms with van der Waals surface area (Å²) in [5.41, 5.74) is 1.09. The van der Waals surface area contributed by atoms with Crippen molar-refractivity contribution in [3.8, 4) is 11.5 Å². The molecule has 1 amide bonds. The van der Waals surface area contributed by atoms with Crippen LogP contribution in [-0.4, -0.2) is 45.2 Å². The van der Waals surface area contributed by atoms with Gasteiger partial charge in [0.25, 0.3) is 5.91 Å². The van der Waals surface area contributed by atoms with Crippen LogP contribution in [0.1, 0.15) is 23.2 Å². The van der Waals surface area contributed by atoms with Crippen molar-refractivity contribution < 1.29 is 19.1 Å². The van der Waals surface area contributed by atoms with E-state index in [0.717, 1.165) is 0 Å². The lowest BCUT2D eigenvalue weighted by Crippen LogP contribution is -2.40. The van der Waals surface area contributed by atoms with Crippen LogP contribution in [0.2, 0.25) is 0 Å². The maximum absolute atomic E-state index is 12.2.